The maximum absolute atomic E-state index is 12.5. The van der Waals surface area contributed by atoms with Gasteiger partial charge in [0.1, 0.15) is 11.5 Å². The summed E-state index contributed by atoms with van der Waals surface area (Å²) >= 11 is 0. The Labute approximate surface area is 203 Å². The molecule has 0 aliphatic carbocycles. The first kappa shape index (κ1) is 25.0. The van der Waals surface area contributed by atoms with E-state index in [0.29, 0.717) is 17.0 Å². The van der Waals surface area contributed by atoms with E-state index in [0.717, 1.165) is 11.1 Å². The number of anilines is 1. The first-order valence-electron chi connectivity index (χ1n) is 10.9. The number of hydrogen-bond donors (Lipinski definition) is 2. The van der Waals surface area contributed by atoms with Gasteiger partial charge in [0.05, 0.1) is 13.7 Å². The van der Waals surface area contributed by atoms with E-state index in [1.54, 1.807) is 50.4 Å². The van der Waals surface area contributed by atoms with Crippen LogP contribution in [0.4, 0.5) is 10.5 Å². The van der Waals surface area contributed by atoms with Crippen LogP contribution in [0.15, 0.2) is 78.9 Å². The van der Waals surface area contributed by atoms with Crippen LogP contribution in [0.5, 0.6) is 11.5 Å². The van der Waals surface area contributed by atoms with Crippen LogP contribution in [0.3, 0.4) is 0 Å². The molecule has 0 spiro atoms. The minimum Gasteiger partial charge on any atom is -0.496 e. The zero-order valence-corrected chi connectivity index (χ0v) is 19.4. The van der Waals surface area contributed by atoms with Gasteiger partial charge in [-0.2, -0.15) is 0 Å². The summed E-state index contributed by atoms with van der Waals surface area (Å²) in [6.45, 7) is 2.16. The molecule has 2 amide bonds. The Morgan fingerprint density at radius 2 is 1.71 bits per heavy atom. The van der Waals surface area contributed by atoms with Gasteiger partial charge in [-0.1, -0.05) is 30.3 Å². The van der Waals surface area contributed by atoms with Crippen molar-refractivity contribution in [2.45, 2.75) is 13.5 Å². The predicted molar refractivity (Wildman–Crippen MR) is 132 cm³/mol. The molecule has 0 unspecified atom stereocenters. The highest BCUT2D eigenvalue weighted by Crippen LogP contribution is 2.19. The maximum atomic E-state index is 12.5. The molecular formula is C27H26N2O6. The summed E-state index contributed by atoms with van der Waals surface area (Å²) in [5.41, 5.74) is 2.62. The molecule has 3 aromatic carbocycles. The highest BCUT2D eigenvalue weighted by molar-refractivity contribution is 6.02. The average molecular weight is 475 g/mol. The minimum atomic E-state index is -0.799. The van der Waals surface area contributed by atoms with Crippen molar-refractivity contribution in [2.75, 3.05) is 19.0 Å². The van der Waals surface area contributed by atoms with Gasteiger partial charge < -0.3 is 24.8 Å². The molecular weight excluding hydrogens is 448 g/mol. The summed E-state index contributed by atoms with van der Waals surface area (Å²) in [5, 5.41) is 5.63. The molecule has 8 heteroatoms. The van der Waals surface area contributed by atoms with Crippen molar-refractivity contribution in [2.24, 2.45) is 0 Å². The molecule has 0 saturated heterocycles. The second kappa shape index (κ2) is 12.6. The van der Waals surface area contributed by atoms with Gasteiger partial charge >= 0.3 is 6.16 Å². The largest absolute Gasteiger partial charge is 0.513 e. The first-order chi connectivity index (χ1) is 17.0. The molecule has 0 bridgehead atoms. The zero-order chi connectivity index (χ0) is 25.0. The van der Waals surface area contributed by atoms with Crippen molar-refractivity contribution in [3.8, 4) is 11.5 Å². The van der Waals surface area contributed by atoms with Crippen LogP contribution in [-0.2, 0) is 16.1 Å². The van der Waals surface area contributed by atoms with E-state index in [4.69, 9.17) is 14.2 Å². The summed E-state index contributed by atoms with van der Waals surface area (Å²) in [4.78, 5) is 36.1. The lowest BCUT2D eigenvalue weighted by atomic mass is 10.1. The lowest BCUT2D eigenvalue weighted by molar-refractivity contribution is -0.111. The minimum absolute atomic E-state index is 0.212. The number of rotatable bonds is 9. The lowest BCUT2D eigenvalue weighted by Crippen LogP contribution is -2.22. The molecule has 3 aromatic rings. The number of amides is 2. The Morgan fingerprint density at radius 1 is 0.943 bits per heavy atom. The first-order valence-corrected chi connectivity index (χ1v) is 10.9. The van der Waals surface area contributed by atoms with Crippen LogP contribution < -0.4 is 20.1 Å². The van der Waals surface area contributed by atoms with Gasteiger partial charge in [0.25, 0.3) is 5.91 Å². The van der Waals surface area contributed by atoms with Gasteiger partial charge in [0.2, 0.25) is 5.91 Å². The van der Waals surface area contributed by atoms with E-state index in [9.17, 15) is 14.4 Å². The van der Waals surface area contributed by atoms with E-state index < -0.39 is 6.16 Å². The second-order valence-electron chi connectivity index (χ2n) is 7.26. The van der Waals surface area contributed by atoms with Gasteiger partial charge in [-0.15, -0.1) is 0 Å². The fourth-order valence-electron chi connectivity index (χ4n) is 3.11. The third-order valence-corrected chi connectivity index (χ3v) is 4.78. The smallest absolute Gasteiger partial charge is 0.496 e. The van der Waals surface area contributed by atoms with E-state index in [-0.39, 0.29) is 30.7 Å². The average Bonchev–Trinajstić information content (AvgIpc) is 2.87. The van der Waals surface area contributed by atoms with Gasteiger partial charge in [0, 0.05) is 29.4 Å². The summed E-state index contributed by atoms with van der Waals surface area (Å²) in [6, 6.07) is 20.7. The maximum Gasteiger partial charge on any atom is 0.513 e. The van der Waals surface area contributed by atoms with E-state index in [2.05, 4.69) is 10.6 Å². The Balaban J connectivity index is 1.53. The summed E-state index contributed by atoms with van der Waals surface area (Å²) < 4.78 is 15.0. The Hall–Kier alpha value is -4.59. The molecule has 180 valence electrons. The Morgan fingerprint density at radius 3 is 2.46 bits per heavy atom. The van der Waals surface area contributed by atoms with Crippen molar-refractivity contribution in [3.05, 3.63) is 95.6 Å². The van der Waals surface area contributed by atoms with Crippen molar-refractivity contribution < 1.29 is 28.6 Å². The lowest BCUT2D eigenvalue weighted by Gasteiger charge is -2.09. The highest BCUT2D eigenvalue weighted by atomic mass is 16.7. The third kappa shape index (κ3) is 7.75. The van der Waals surface area contributed by atoms with Gasteiger partial charge in [-0.25, -0.2) is 4.79 Å². The zero-order valence-electron chi connectivity index (χ0n) is 19.4. The van der Waals surface area contributed by atoms with E-state index in [1.807, 2.05) is 30.3 Å². The van der Waals surface area contributed by atoms with Crippen LogP contribution in [-0.4, -0.2) is 31.7 Å². The molecule has 8 nitrogen and oxygen atoms in total. The van der Waals surface area contributed by atoms with Crippen LogP contribution in [0, 0.1) is 0 Å². The van der Waals surface area contributed by atoms with Gasteiger partial charge in [-0.3, -0.25) is 9.59 Å². The highest BCUT2D eigenvalue weighted by Gasteiger charge is 2.09. The van der Waals surface area contributed by atoms with Gasteiger partial charge in [-0.05, 0) is 61.0 Å². The fourth-order valence-corrected chi connectivity index (χ4v) is 3.11. The molecule has 2 N–H and O–H groups in total. The Kier molecular flexibility index (Phi) is 9.01. The molecule has 0 aromatic heterocycles. The monoisotopic (exact) mass is 474 g/mol. The van der Waals surface area contributed by atoms with Crippen LogP contribution in [0.1, 0.15) is 28.4 Å². The van der Waals surface area contributed by atoms with Crippen molar-refractivity contribution in [3.63, 3.8) is 0 Å². The molecule has 3 rings (SSSR count). The quantitative estimate of drug-likeness (QED) is 0.262. The molecule has 0 aliphatic rings. The third-order valence-electron chi connectivity index (χ3n) is 4.78. The topological polar surface area (TPSA) is 103 Å². The van der Waals surface area contributed by atoms with Crippen LogP contribution in [0.25, 0.3) is 6.08 Å². The number of ether oxygens (including phenoxy) is 3. The number of para-hydroxylation sites is 1. The van der Waals surface area contributed by atoms with E-state index in [1.165, 1.54) is 18.2 Å². The molecule has 0 radical (unpaired) electrons. The normalized spacial score (nSPS) is 10.5. The number of nitrogens with one attached hydrogen (secondary N) is 2. The van der Waals surface area contributed by atoms with Crippen molar-refractivity contribution in [1.29, 1.82) is 0 Å². The standard InChI is InChI=1S/C27H26N2O6/c1-3-34-27(32)35-23-14-11-21(12-15-23)26(31)28-18-19-7-6-9-22(17-19)29-25(30)16-13-20-8-4-5-10-24(20)33-2/h4-17H,3,18H2,1-2H3,(H,28,31)(H,29,30)/b16-13+. The second-order valence-corrected chi connectivity index (χ2v) is 7.26. The van der Waals surface area contributed by atoms with Gasteiger partial charge in [0.15, 0.2) is 0 Å². The molecule has 0 heterocycles. The van der Waals surface area contributed by atoms with Crippen molar-refractivity contribution in [1.82, 2.24) is 5.32 Å². The predicted octanol–water partition coefficient (Wildman–Crippen LogP) is 4.81. The molecule has 0 saturated carbocycles. The fraction of sp³-hybridized carbons (Fsp3) is 0.148. The summed E-state index contributed by atoms with van der Waals surface area (Å²) in [7, 11) is 1.58. The number of carbonyl (C=O) groups excluding carboxylic acids is 3. The molecule has 0 atom stereocenters. The number of hydrogen-bond acceptors (Lipinski definition) is 6. The molecule has 0 aliphatic heterocycles. The van der Waals surface area contributed by atoms with E-state index >= 15 is 0 Å². The van der Waals surface area contributed by atoms with Crippen LogP contribution in [0.2, 0.25) is 0 Å². The Bertz CT molecular complexity index is 1200. The summed E-state index contributed by atoms with van der Waals surface area (Å²) in [6.07, 6.45) is 2.31. The SMILES string of the molecule is CCOC(=O)Oc1ccc(C(=O)NCc2cccc(NC(=O)/C=C/c3ccccc3OC)c2)cc1. The number of benzene rings is 3. The van der Waals surface area contributed by atoms with Crippen LogP contribution >= 0.6 is 0 Å². The summed E-state index contributed by atoms with van der Waals surface area (Å²) in [5.74, 6) is 0.378. The number of carbonyl (C=O) groups is 3. The molecule has 0 fully saturated rings. The number of methoxy groups -OCH3 is 1. The molecule has 35 heavy (non-hydrogen) atoms. The van der Waals surface area contributed by atoms with Crippen molar-refractivity contribution >= 4 is 29.7 Å².